The number of carbonyl (C=O) groups is 1. The fourth-order valence-electron chi connectivity index (χ4n) is 2.92. The first kappa shape index (κ1) is 11.6. The SMILES string of the molecule is C=C(C)CN(C)C(=O)C1CC12CCNCC2. The standard InChI is InChI=1S/C13H22N2O/c1-10(2)9-15(3)12(16)11-8-13(11)4-6-14-7-5-13/h11,14H,1,4-9H2,2-3H3. The first-order chi connectivity index (χ1) is 7.55. The van der Waals surface area contributed by atoms with E-state index >= 15 is 0 Å². The third-order valence-corrected chi connectivity index (χ3v) is 3.97. The van der Waals surface area contributed by atoms with Crippen molar-refractivity contribution in [2.45, 2.75) is 26.2 Å². The van der Waals surface area contributed by atoms with Crippen LogP contribution in [0.4, 0.5) is 0 Å². The molecule has 0 aromatic rings. The van der Waals surface area contributed by atoms with E-state index in [1.165, 1.54) is 12.8 Å². The minimum atomic E-state index is 0.291. The Morgan fingerprint density at radius 1 is 1.50 bits per heavy atom. The molecule has 16 heavy (non-hydrogen) atoms. The van der Waals surface area contributed by atoms with Gasteiger partial charge in [-0.1, -0.05) is 12.2 Å². The lowest BCUT2D eigenvalue weighted by atomic mass is 9.91. The van der Waals surface area contributed by atoms with Crippen molar-refractivity contribution in [3.05, 3.63) is 12.2 Å². The van der Waals surface area contributed by atoms with Gasteiger partial charge >= 0.3 is 0 Å². The normalized spacial score (nSPS) is 26.5. The number of nitrogens with one attached hydrogen (secondary N) is 1. The van der Waals surface area contributed by atoms with Crippen LogP contribution in [0, 0.1) is 11.3 Å². The average Bonchev–Trinajstić information content (AvgIpc) is 2.91. The molecule has 1 amide bonds. The van der Waals surface area contributed by atoms with Gasteiger partial charge in [0.05, 0.1) is 0 Å². The van der Waals surface area contributed by atoms with Crippen LogP contribution in [0.5, 0.6) is 0 Å². The van der Waals surface area contributed by atoms with Crippen LogP contribution in [0.1, 0.15) is 26.2 Å². The molecule has 1 spiro atoms. The van der Waals surface area contributed by atoms with E-state index in [-0.39, 0.29) is 0 Å². The van der Waals surface area contributed by atoms with Gasteiger partial charge in [-0.2, -0.15) is 0 Å². The second kappa shape index (κ2) is 4.21. The maximum Gasteiger partial charge on any atom is 0.226 e. The highest BCUT2D eigenvalue weighted by Crippen LogP contribution is 2.59. The van der Waals surface area contributed by atoms with Crippen LogP contribution in [-0.2, 0) is 4.79 Å². The van der Waals surface area contributed by atoms with Gasteiger partial charge in [0.25, 0.3) is 0 Å². The fourth-order valence-corrected chi connectivity index (χ4v) is 2.92. The summed E-state index contributed by atoms with van der Waals surface area (Å²) in [5.41, 5.74) is 1.40. The predicted molar refractivity (Wildman–Crippen MR) is 65.1 cm³/mol. The zero-order chi connectivity index (χ0) is 11.8. The molecule has 1 aliphatic heterocycles. The largest absolute Gasteiger partial charge is 0.342 e. The summed E-state index contributed by atoms with van der Waals surface area (Å²) in [6.45, 7) is 8.68. The summed E-state index contributed by atoms with van der Waals surface area (Å²) in [6, 6.07) is 0. The van der Waals surface area contributed by atoms with E-state index in [2.05, 4.69) is 11.9 Å². The maximum atomic E-state index is 12.2. The second-order valence-corrected chi connectivity index (χ2v) is 5.52. The van der Waals surface area contributed by atoms with E-state index in [9.17, 15) is 4.79 Å². The van der Waals surface area contributed by atoms with Gasteiger partial charge in [-0.15, -0.1) is 0 Å². The topological polar surface area (TPSA) is 32.3 Å². The lowest BCUT2D eigenvalue weighted by Crippen LogP contribution is -2.35. The lowest BCUT2D eigenvalue weighted by Gasteiger charge is -2.25. The molecule has 1 unspecified atom stereocenters. The van der Waals surface area contributed by atoms with Gasteiger partial charge in [0.1, 0.15) is 0 Å². The molecule has 2 rings (SSSR count). The summed E-state index contributed by atoms with van der Waals surface area (Å²) in [6.07, 6.45) is 3.45. The van der Waals surface area contributed by atoms with Crippen LogP contribution in [0.25, 0.3) is 0 Å². The van der Waals surface area contributed by atoms with Gasteiger partial charge < -0.3 is 10.2 Å². The molecule has 1 saturated carbocycles. The molecule has 3 nitrogen and oxygen atoms in total. The highest BCUT2D eigenvalue weighted by atomic mass is 16.2. The number of carbonyl (C=O) groups excluding carboxylic acids is 1. The molecular weight excluding hydrogens is 200 g/mol. The van der Waals surface area contributed by atoms with Crippen molar-refractivity contribution in [2.75, 3.05) is 26.7 Å². The molecule has 1 atom stereocenters. The smallest absolute Gasteiger partial charge is 0.226 e. The van der Waals surface area contributed by atoms with Crippen molar-refractivity contribution in [1.29, 1.82) is 0 Å². The molecule has 2 fully saturated rings. The summed E-state index contributed by atoms with van der Waals surface area (Å²) >= 11 is 0. The van der Waals surface area contributed by atoms with Crippen LogP contribution in [0.3, 0.4) is 0 Å². The number of piperidine rings is 1. The maximum absolute atomic E-state index is 12.2. The van der Waals surface area contributed by atoms with Crippen molar-refractivity contribution >= 4 is 5.91 Å². The van der Waals surface area contributed by atoms with Crippen LogP contribution in [0.2, 0.25) is 0 Å². The van der Waals surface area contributed by atoms with Crippen molar-refractivity contribution in [2.24, 2.45) is 11.3 Å². The highest BCUT2D eigenvalue weighted by molar-refractivity contribution is 5.82. The quantitative estimate of drug-likeness (QED) is 0.732. The molecule has 3 heteroatoms. The Hall–Kier alpha value is -0.830. The predicted octanol–water partition coefficient (Wildman–Crippen LogP) is 1.41. The molecule has 2 aliphatic rings. The Kier molecular flexibility index (Phi) is 3.06. The number of nitrogens with zero attached hydrogens (tertiary/aromatic N) is 1. The first-order valence-corrected chi connectivity index (χ1v) is 6.15. The molecule has 0 radical (unpaired) electrons. The Morgan fingerprint density at radius 3 is 2.69 bits per heavy atom. The molecule has 0 aromatic carbocycles. The van der Waals surface area contributed by atoms with Gasteiger partial charge in [-0.05, 0) is 44.7 Å². The molecular formula is C13H22N2O. The van der Waals surface area contributed by atoms with Gasteiger partial charge in [0.2, 0.25) is 5.91 Å². The van der Waals surface area contributed by atoms with Crippen LogP contribution in [0.15, 0.2) is 12.2 Å². The fraction of sp³-hybridized carbons (Fsp3) is 0.769. The molecule has 0 aromatic heterocycles. The van der Waals surface area contributed by atoms with Crippen LogP contribution in [-0.4, -0.2) is 37.5 Å². The monoisotopic (exact) mass is 222 g/mol. The third-order valence-electron chi connectivity index (χ3n) is 3.97. The number of hydrogen-bond acceptors (Lipinski definition) is 2. The Bertz CT molecular complexity index is 305. The molecule has 90 valence electrons. The molecule has 1 aliphatic carbocycles. The molecule has 1 saturated heterocycles. The van der Waals surface area contributed by atoms with E-state index in [0.717, 1.165) is 25.1 Å². The first-order valence-electron chi connectivity index (χ1n) is 6.15. The van der Waals surface area contributed by atoms with Crippen LogP contribution >= 0.6 is 0 Å². The van der Waals surface area contributed by atoms with E-state index in [4.69, 9.17) is 0 Å². The number of hydrogen-bond donors (Lipinski definition) is 1. The van der Waals surface area contributed by atoms with Gasteiger partial charge in [-0.25, -0.2) is 0 Å². The summed E-state index contributed by atoms with van der Waals surface area (Å²) in [7, 11) is 1.89. The van der Waals surface area contributed by atoms with E-state index in [1.54, 1.807) is 0 Å². The van der Waals surface area contributed by atoms with Gasteiger partial charge in [0, 0.05) is 19.5 Å². The lowest BCUT2D eigenvalue weighted by molar-refractivity contribution is -0.131. The van der Waals surface area contributed by atoms with Gasteiger partial charge in [0.15, 0.2) is 0 Å². The summed E-state index contributed by atoms with van der Waals surface area (Å²) in [5.74, 6) is 0.615. The summed E-state index contributed by atoms with van der Waals surface area (Å²) < 4.78 is 0. The number of amides is 1. The molecule has 0 bridgehead atoms. The van der Waals surface area contributed by atoms with Crippen molar-refractivity contribution in [3.63, 3.8) is 0 Å². The minimum absolute atomic E-state index is 0.291. The highest BCUT2D eigenvalue weighted by Gasteiger charge is 2.58. The Morgan fingerprint density at radius 2 is 2.12 bits per heavy atom. The summed E-state index contributed by atoms with van der Waals surface area (Å²) in [5, 5.41) is 3.36. The third kappa shape index (κ3) is 2.14. The zero-order valence-corrected chi connectivity index (χ0v) is 10.4. The molecule has 1 heterocycles. The number of rotatable bonds is 3. The van der Waals surface area contributed by atoms with Gasteiger partial charge in [-0.3, -0.25) is 4.79 Å². The minimum Gasteiger partial charge on any atom is -0.342 e. The number of likely N-dealkylation sites (N-methyl/N-ethyl adjacent to an activating group) is 1. The van der Waals surface area contributed by atoms with E-state index < -0.39 is 0 Å². The Balaban J connectivity index is 1.90. The van der Waals surface area contributed by atoms with Crippen molar-refractivity contribution in [1.82, 2.24) is 10.2 Å². The Labute approximate surface area is 97.9 Å². The van der Waals surface area contributed by atoms with E-state index in [1.807, 2.05) is 18.9 Å². The molecule has 1 N–H and O–H groups in total. The van der Waals surface area contributed by atoms with E-state index in [0.29, 0.717) is 23.8 Å². The van der Waals surface area contributed by atoms with Crippen molar-refractivity contribution < 1.29 is 4.79 Å². The van der Waals surface area contributed by atoms with Crippen molar-refractivity contribution in [3.8, 4) is 0 Å². The zero-order valence-electron chi connectivity index (χ0n) is 10.4. The van der Waals surface area contributed by atoms with Crippen LogP contribution < -0.4 is 5.32 Å². The average molecular weight is 222 g/mol. The summed E-state index contributed by atoms with van der Waals surface area (Å²) in [4.78, 5) is 14.0. The second-order valence-electron chi connectivity index (χ2n) is 5.52.